The number of carbonyl (C=O) groups excluding carboxylic acids is 3. The molecule has 12 nitrogen and oxygen atoms in total. The van der Waals surface area contributed by atoms with Crippen LogP contribution in [0.15, 0.2) is 84.9 Å². The molecule has 8 rings (SSSR count). The number of carboxylic acids is 1. The highest BCUT2D eigenvalue weighted by Crippen LogP contribution is 2.38. The number of benzene rings is 4. The van der Waals surface area contributed by atoms with Gasteiger partial charge >= 0.3 is 5.97 Å². The van der Waals surface area contributed by atoms with Gasteiger partial charge in [0.1, 0.15) is 17.1 Å². The molecule has 0 radical (unpaired) electrons. The molecule has 4 aromatic rings. The van der Waals surface area contributed by atoms with Crippen LogP contribution in [0.4, 0.5) is 0 Å². The number of amides is 3. The van der Waals surface area contributed by atoms with E-state index in [1.54, 1.807) is 32.3 Å². The van der Waals surface area contributed by atoms with Crippen molar-refractivity contribution in [1.29, 1.82) is 0 Å². The molecule has 4 aromatic carbocycles. The van der Waals surface area contributed by atoms with Gasteiger partial charge in [0.25, 0.3) is 17.7 Å². The summed E-state index contributed by atoms with van der Waals surface area (Å²) in [5.74, 6) is -1.32. The zero-order valence-corrected chi connectivity index (χ0v) is 38.8. The molecule has 4 aliphatic rings. The first kappa shape index (κ1) is 47.4. The Labute approximate surface area is 394 Å². The van der Waals surface area contributed by atoms with Crippen molar-refractivity contribution in [2.24, 2.45) is 0 Å². The minimum atomic E-state index is -1.15. The van der Waals surface area contributed by atoms with Crippen LogP contribution in [-0.4, -0.2) is 107 Å². The van der Waals surface area contributed by atoms with Crippen molar-refractivity contribution >= 4 is 70.1 Å². The van der Waals surface area contributed by atoms with Crippen LogP contribution in [0.5, 0.6) is 11.5 Å². The van der Waals surface area contributed by atoms with Gasteiger partial charge in [-0.3, -0.25) is 24.2 Å². The first-order chi connectivity index (χ1) is 30.7. The smallest absolute Gasteiger partial charge is 0.339 e. The number of hydrogen-bond acceptors (Lipinski definition) is 8. The Kier molecular flexibility index (Phi) is 16.0. The monoisotopic (exact) mass is 951 g/mol. The van der Waals surface area contributed by atoms with Crippen LogP contribution in [0.1, 0.15) is 83.2 Å². The highest BCUT2D eigenvalue weighted by molar-refractivity contribution is 6.31. The molecule has 64 heavy (non-hydrogen) atoms. The molecule has 3 N–H and O–H groups in total. The lowest BCUT2D eigenvalue weighted by Crippen LogP contribution is -2.50. The number of carboxylic acid groups (broad SMARTS) is 1. The minimum absolute atomic E-state index is 0.0612. The summed E-state index contributed by atoms with van der Waals surface area (Å²) in [7, 11) is 3.32. The number of aromatic carboxylic acids is 1. The first-order valence-corrected chi connectivity index (χ1v) is 23.1. The largest absolute Gasteiger partial charge is 0.483 e. The van der Waals surface area contributed by atoms with Crippen molar-refractivity contribution in [3.05, 3.63) is 127 Å². The third-order valence-corrected chi connectivity index (χ3v) is 13.5. The van der Waals surface area contributed by atoms with E-state index in [9.17, 15) is 24.3 Å². The number of nitrogens with one attached hydrogen (secondary N) is 2. The number of nitrogens with zero attached hydrogens (tertiary/aromatic N) is 3. The standard InChI is InChI=1S/C25H29Cl2N3O3.C23H24Cl2N2O4/c1-29(2)25(32)22-11-18(27)7-10-23(22)33-15-24(31)28-19-12-20-8-9-21(13-19)30(20)14-16-3-5-17(26)6-4-16;24-15-3-1-14(2-4-15)12-27-18-6-7-19(27)11-17(10-18)26-22(28)13-31-21-8-5-16(25)9-20(21)23(29)30/h3-7,10-11,19-21H,8-9,12-15H2,1-2H3,(H,28,31);1-5,8-9,17-19H,6-7,10-13H2,(H,26,28)(H,29,30)/t19-,20+,21-;17-,18+,19-. The minimum Gasteiger partial charge on any atom is -0.483 e. The molecule has 0 saturated carbocycles. The fourth-order valence-electron chi connectivity index (χ4n) is 9.56. The summed E-state index contributed by atoms with van der Waals surface area (Å²) in [4.78, 5) is 55.4. The summed E-state index contributed by atoms with van der Waals surface area (Å²) in [5.41, 5.74) is 2.79. The van der Waals surface area contributed by atoms with Crippen molar-refractivity contribution < 1.29 is 33.8 Å². The van der Waals surface area contributed by atoms with Crippen LogP contribution in [0.2, 0.25) is 20.1 Å². The van der Waals surface area contributed by atoms with E-state index in [2.05, 4.69) is 44.7 Å². The van der Waals surface area contributed by atoms with Crippen LogP contribution < -0.4 is 20.1 Å². The van der Waals surface area contributed by atoms with E-state index in [1.165, 1.54) is 34.2 Å². The fraction of sp³-hybridized carbons (Fsp3) is 0.417. The van der Waals surface area contributed by atoms with Crippen LogP contribution in [0, 0.1) is 0 Å². The summed E-state index contributed by atoms with van der Waals surface area (Å²) in [6.07, 6.45) is 8.24. The predicted molar refractivity (Wildman–Crippen MR) is 249 cm³/mol. The third kappa shape index (κ3) is 12.4. The zero-order valence-electron chi connectivity index (χ0n) is 35.8. The second-order valence-corrected chi connectivity index (χ2v) is 18.9. The fourth-order valence-corrected chi connectivity index (χ4v) is 10.2. The zero-order chi connectivity index (χ0) is 45.5. The molecule has 3 amide bonds. The summed E-state index contributed by atoms with van der Waals surface area (Å²) < 4.78 is 11.2. The molecule has 4 aliphatic heterocycles. The maximum atomic E-state index is 12.6. The van der Waals surface area contributed by atoms with Crippen LogP contribution in [0.3, 0.4) is 0 Å². The van der Waals surface area contributed by atoms with Crippen molar-refractivity contribution in [1.82, 2.24) is 25.3 Å². The second kappa shape index (κ2) is 21.6. The van der Waals surface area contributed by atoms with Gasteiger partial charge in [-0.05, 0) is 123 Å². The van der Waals surface area contributed by atoms with Gasteiger partial charge in [0.2, 0.25) is 0 Å². The van der Waals surface area contributed by atoms with E-state index < -0.39 is 5.97 Å². The molecular weight excluding hydrogens is 900 g/mol. The highest BCUT2D eigenvalue weighted by Gasteiger charge is 2.42. The number of piperidine rings is 2. The van der Waals surface area contributed by atoms with Gasteiger partial charge in [0.05, 0.1) is 5.56 Å². The quantitative estimate of drug-likeness (QED) is 0.113. The lowest BCUT2D eigenvalue weighted by atomic mass is 9.96. The number of hydrogen-bond donors (Lipinski definition) is 3. The topological polar surface area (TPSA) is 141 Å². The van der Waals surface area contributed by atoms with E-state index in [0.717, 1.165) is 74.5 Å². The molecular formula is C48H53Cl4N5O7. The van der Waals surface area contributed by atoms with Gasteiger partial charge in [-0.1, -0.05) is 70.7 Å². The van der Waals surface area contributed by atoms with Gasteiger partial charge in [-0.2, -0.15) is 0 Å². The van der Waals surface area contributed by atoms with Crippen LogP contribution >= 0.6 is 46.4 Å². The molecule has 0 spiro atoms. The lowest BCUT2D eigenvalue weighted by Gasteiger charge is -2.39. The van der Waals surface area contributed by atoms with E-state index in [-0.39, 0.29) is 54.3 Å². The van der Waals surface area contributed by atoms with Gasteiger partial charge in [0, 0.05) is 83.5 Å². The SMILES string of the molecule is CN(C)C(=O)c1cc(Cl)ccc1OCC(=O)N[C@H]1C[C@H]2CC[C@@H](C1)N2Cc1ccc(Cl)cc1.O=C(COc1ccc(Cl)cc1C(=O)O)N[C@H]1C[C@H]2CC[C@@H](C1)N2Cc1ccc(Cl)cc1. The molecule has 4 fully saturated rings. The molecule has 0 aliphatic carbocycles. The Balaban J connectivity index is 0.000000192. The van der Waals surface area contributed by atoms with E-state index in [1.807, 2.05) is 24.3 Å². The van der Waals surface area contributed by atoms with E-state index in [4.69, 9.17) is 55.9 Å². The molecule has 16 heteroatoms. The van der Waals surface area contributed by atoms with Crippen LogP contribution in [-0.2, 0) is 22.7 Å². The van der Waals surface area contributed by atoms with Gasteiger partial charge in [-0.15, -0.1) is 0 Å². The Hall–Kier alpha value is -4.56. The number of halogens is 4. The van der Waals surface area contributed by atoms with Crippen molar-refractivity contribution in [2.75, 3.05) is 27.3 Å². The summed E-state index contributed by atoms with van der Waals surface area (Å²) >= 11 is 23.9. The predicted octanol–water partition coefficient (Wildman–Crippen LogP) is 8.77. The summed E-state index contributed by atoms with van der Waals surface area (Å²) in [6, 6.07) is 27.2. The molecule has 340 valence electrons. The maximum absolute atomic E-state index is 12.6. The van der Waals surface area contributed by atoms with Gasteiger partial charge in [0.15, 0.2) is 13.2 Å². The Morgan fingerprint density at radius 3 is 1.31 bits per heavy atom. The number of rotatable bonds is 14. The van der Waals surface area contributed by atoms with E-state index >= 15 is 0 Å². The highest BCUT2D eigenvalue weighted by atomic mass is 35.5. The normalized spacial score (nSPS) is 22.5. The first-order valence-electron chi connectivity index (χ1n) is 21.6. The number of carbonyl (C=O) groups is 4. The van der Waals surface area contributed by atoms with Crippen molar-refractivity contribution in [3.8, 4) is 11.5 Å². The van der Waals surface area contributed by atoms with Crippen molar-refractivity contribution in [3.63, 3.8) is 0 Å². The Morgan fingerprint density at radius 1 is 0.578 bits per heavy atom. The molecule has 0 aromatic heterocycles. The van der Waals surface area contributed by atoms with Gasteiger partial charge in [-0.25, -0.2) is 4.79 Å². The Bertz CT molecular complexity index is 2270. The average molecular weight is 954 g/mol. The average Bonchev–Trinajstić information content (AvgIpc) is 3.63. The molecule has 4 heterocycles. The van der Waals surface area contributed by atoms with Gasteiger partial charge < -0.3 is 30.1 Å². The third-order valence-electron chi connectivity index (χ3n) is 12.5. The molecule has 6 atom stereocenters. The molecule has 4 saturated heterocycles. The summed E-state index contributed by atoms with van der Waals surface area (Å²) in [5, 5.41) is 17.7. The lowest BCUT2D eigenvalue weighted by molar-refractivity contribution is -0.125. The van der Waals surface area contributed by atoms with E-state index in [0.29, 0.717) is 45.5 Å². The second-order valence-electron chi connectivity index (χ2n) is 17.2. The van der Waals surface area contributed by atoms with Crippen molar-refractivity contribution in [2.45, 2.75) is 101 Å². The summed E-state index contributed by atoms with van der Waals surface area (Å²) in [6.45, 7) is 1.43. The van der Waals surface area contributed by atoms with Crippen LogP contribution in [0.25, 0.3) is 0 Å². The maximum Gasteiger partial charge on any atom is 0.339 e. The molecule has 4 bridgehead atoms. The Morgan fingerprint density at radius 2 is 0.938 bits per heavy atom. The number of ether oxygens (including phenoxy) is 2. The molecule has 0 unspecified atom stereocenters. The number of fused-ring (bicyclic) bond motifs is 4.